The van der Waals surface area contributed by atoms with Crippen molar-refractivity contribution in [1.82, 2.24) is 5.32 Å². The molecule has 1 aromatic rings. The highest BCUT2D eigenvalue weighted by Crippen LogP contribution is 2.35. The smallest absolute Gasteiger partial charge is 0.120 e. The number of para-hydroxylation sites is 1. The van der Waals surface area contributed by atoms with Gasteiger partial charge < -0.3 is 10.4 Å². The minimum atomic E-state index is -0.782. The Bertz CT molecular complexity index is 355. The van der Waals surface area contributed by atoms with Crippen molar-refractivity contribution in [1.29, 1.82) is 0 Å². The molecular weight excluding hydrogens is 193 g/mol. The molecular formula is C12H16FNO. The molecule has 2 atom stereocenters. The van der Waals surface area contributed by atoms with Crippen LogP contribution in [0.2, 0.25) is 0 Å². The molecule has 1 saturated heterocycles. The second-order valence-electron chi connectivity index (χ2n) is 4.37. The quantitative estimate of drug-likeness (QED) is 0.744. The predicted molar refractivity (Wildman–Crippen MR) is 57.6 cm³/mol. The van der Waals surface area contributed by atoms with Crippen LogP contribution in [0, 0.1) is 0 Å². The number of hydrogen-bond acceptors (Lipinski definition) is 2. The van der Waals surface area contributed by atoms with Crippen molar-refractivity contribution in [2.45, 2.75) is 31.5 Å². The molecule has 2 N–H and O–H groups in total. The van der Waals surface area contributed by atoms with E-state index < -0.39 is 11.7 Å². The maximum absolute atomic E-state index is 13.4. The Labute approximate surface area is 89.1 Å². The fourth-order valence-electron chi connectivity index (χ4n) is 2.27. The molecule has 2 rings (SSSR count). The Morgan fingerprint density at radius 1 is 1.47 bits per heavy atom. The minimum absolute atomic E-state index is 0.238. The zero-order chi connectivity index (χ0) is 10.9. The topological polar surface area (TPSA) is 32.3 Å². The Balaban J connectivity index is 2.32. The molecule has 0 radical (unpaired) electrons. The van der Waals surface area contributed by atoms with Crippen LogP contribution in [0.4, 0.5) is 4.39 Å². The third-order valence-electron chi connectivity index (χ3n) is 3.10. The van der Waals surface area contributed by atoms with Gasteiger partial charge in [0.15, 0.2) is 0 Å². The second kappa shape index (κ2) is 3.81. The van der Waals surface area contributed by atoms with Gasteiger partial charge in [0, 0.05) is 17.5 Å². The van der Waals surface area contributed by atoms with Crippen LogP contribution in [0.1, 0.15) is 25.3 Å². The molecule has 1 aliphatic heterocycles. The third kappa shape index (κ3) is 1.97. The summed E-state index contributed by atoms with van der Waals surface area (Å²) in [5, 5.41) is 13.0. The van der Waals surface area contributed by atoms with Crippen LogP contribution >= 0.6 is 0 Å². The van der Waals surface area contributed by atoms with Gasteiger partial charge in [0.1, 0.15) is 11.9 Å². The van der Waals surface area contributed by atoms with Crippen molar-refractivity contribution in [2.75, 3.05) is 6.54 Å². The van der Waals surface area contributed by atoms with Crippen molar-refractivity contribution in [3.63, 3.8) is 0 Å². The molecule has 0 aromatic heterocycles. The van der Waals surface area contributed by atoms with Crippen LogP contribution < -0.4 is 5.32 Å². The molecule has 0 saturated carbocycles. The van der Waals surface area contributed by atoms with Crippen molar-refractivity contribution >= 4 is 0 Å². The Morgan fingerprint density at radius 2 is 2.20 bits per heavy atom. The van der Waals surface area contributed by atoms with E-state index in [9.17, 15) is 9.50 Å². The fourth-order valence-corrected chi connectivity index (χ4v) is 2.27. The van der Waals surface area contributed by atoms with Crippen LogP contribution in [0.25, 0.3) is 0 Å². The molecule has 2 unspecified atom stereocenters. The van der Waals surface area contributed by atoms with Gasteiger partial charge in [0.2, 0.25) is 0 Å². The van der Waals surface area contributed by atoms with Gasteiger partial charge in [-0.3, -0.25) is 0 Å². The summed E-state index contributed by atoms with van der Waals surface area (Å²) >= 11 is 0. The van der Waals surface area contributed by atoms with Gasteiger partial charge >= 0.3 is 0 Å². The van der Waals surface area contributed by atoms with Gasteiger partial charge in [-0.25, -0.2) is 4.39 Å². The largest absolute Gasteiger partial charge is 0.508 e. The normalized spacial score (nSPS) is 31.5. The van der Waals surface area contributed by atoms with E-state index >= 15 is 0 Å². The molecule has 3 heteroatoms. The van der Waals surface area contributed by atoms with Crippen LogP contribution in [0.15, 0.2) is 24.3 Å². The monoisotopic (exact) mass is 209 g/mol. The molecule has 82 valence electrons. The minimum Gasteiger partial charge on any atom is -0.508 e. The predicted octanol–water partition coefficient (Wildman–Crippen LogP) is 2.33. The second-order valence-corrected chi connectivity index (χ2v) is 4.37. The lowest BCUT2D eigenvalue weighted by molar-refractivity contribution is 0.162. The number of phenolic OH excluding ortho intramolecular Hbond substituents is 1. The van der Waals surface area contributed by atoms with Gasteiger partial charge in [-0.05, 0) is 26.0 Å². The van der Waals surface area contributed by atoms with E-state index in [1.807, 2.05) is 19.1 Å². The van der Waals surface area contributed by atoms with E-state index in [4.69, 9.17) is 0 Å². The molecule has 1 aromatic carbocycles. The standard InChI is InChI=1S/C12H16FNO/c1-12(8-9(13)6-7-14-12)10-4-2-3-5-11(10)15/h2-5,9,14-15H,6-8H2,1H3. The molecule has 1 aliphatic rings. The van der Waals surface area contributed by atoms with E-state index in [-0.39, 0.29) is 5.75 Å². The van der Waals surface area contributed by atoms with E-state index in [2.05, 4.69) is 5.32 Å². The zero-order valence-electron chi connectivity index (χ0n) is 8.83. The summed E-state index contributed by atoms with van der Waals surface area (Å²) < 4.78 is 13.4. The lowest BCUT2D eigenvalue weighted by Gasteiger charge is -2.37. The fraction of sp³-hybridized carbons (Fsp3) is 0.500. The Morgan fingerprint density at radius 3 is 2.87 bits per heavy atom. The molecule has 2 nitrogen and oxygen atoms in total. The number of hydrogen-bond donors (Lipinski definition) is 2. The molecule has 15 heavy (non-hydrogen) atoms. The van der Waals surface area contributed by atoms with Crippen LogP contribution in [0.3, 0.4) is 0 Å². The van der Waals surface area contributed by atoms with E-state index in [0.29, 0.717) is 19.4 Å². The number of halogens is 1. The number of rotatable bonds is 1. The average molecular weight is 209 g/mol. The molecule has 0 aliphatic carbocycles. The van der Waals surface area contributed by atoms with Crippen LogP contribution in [0.5, 0.6) is 5.75 Å². The third-order valence-corrected chi connectivity index (χ3v) is 3.10. The average Bonchev–Trinajstić information content (AvgIpc) is 2.17. The number of alkyl halides is 1. The number of nitrogens with one attached hydrogen (secondary N) is 1. The van der Waals surface area contributed by atoms with Crippen LogP contribution in [-0.4, -0.2) is 17.8 Å². The molecule has 1 heterocycles. The van der Waals surface area contributed by atoms with Crippen molar-refractivity contribution < 1.29 is 9.50 Å². The first kappa shape index (κ1) is 10.4. The summed E-state index contributed by atoms with van der Waals surface area (Å²) in [6.45, 7) is 2.60. The lowest BCUT2D eigenvalue weighted by Crippen LogP contribution is -2.47. The first-order valence-electron chi connectivity index (χ1n) is 5.29. The van der Waals surface area contributed by atoms with E-state index in [1.54, 1.807) is 12.1 Å². The van der Waals surface area contributed by atoms with E-state index in [1.165, 1.54) is 0 Å². The number of phenols is 1. The molecule has 0 spiro atoms. The Kier molecular flexibility index (Phi) is 2.65. The van der Waals surface area contributed by atoms with Crippen molar-refractivity contribution in [2.24, 2.45) is 0 Å². The SMILES string of the molecule is CC1(c2ccccc2O)CC(F)CCN1. The summed E-state index contributed by atoms with van der Waals surface area (Å²) in [5.74, 6) is 0.238. The summed E-state index contributed by atoms with van der Waals surface area (Å²) in [5.41, 5.74) is 0.343. The van der Waals surface area contributed by atoms with Gasteiger partial charge in [-0.2, -0.15) is 0 Å². The van der Waals surface area contributed by atoms with Gasteiger partial charge in [0.05, 0.1) is 0 Å². The molecule has 0 bridgehead atoms. The zero-order valence-corrected chi connectivity index (χ0v) is 8.83. The van der Waals surface area contributed by atoms with Crippen LogP contribution in [-0.2, 0) is 5.54 Å². The van der Waals surface area contributed by atoms with Crippen molar-refractivity contribution in [3.8, 4) is 5.75 Å². The van der Waals surface area contributed by atoms with Gasteiger partial charge in [-0.1, -0.05) is 18.2 Å². The maximum Gasteiger partial charge on any atom is 0.120 e. The Hall–Kier alpha value is -1.09. The number of aromatic hydroxyl groups is 1. The summed E-state index contributed by atoms with van der Waals surface area (Å²) in [4.78, 5) is 0. The lowest BCUT2D eigenvalue weighted by atomic mass is 9.83. The summed E-state index contributed by atoms with van der Waals surface area (Å²) in [6, 6.07) is 7.13. The first-order chi connectivity index (χ1) is 7.12. The van der Waals surface area contributed by atoms with E-state index in [0.717, 1.165) is 5.56 Å². The molecule has 1 fully saturated rings. The highest BCUT2D eigenvalue weighted by Gasteiger charge is 2.34. The first-order valence-corrected chi connectivity index (χ1v) is 5.29. The van der Waals surface area contributed by atoms with Crippen molar-refractivity contribution in [3.05, 3.63) is 29.8 Å². The number of benzene rings is 1. The van der Waals surface area contributed by atoms with Gasteiger partial charge in [0.25, 0.3) is 0 Å². The molecule has 0 amide bonds. The summed E-state index contributed by atoms with van der Waals surface area (Å²) in [7, 11) is 0. The highest BCUT2D eigenvalue weighted by atomic mass is 19.1. The maximum atomic E-state index is 13.4. The highest BCUT2D eigenvalue weighted by molar-refractivity contribution is 5.38. The summed E-state index contributed by atoms with van der Waals surface area (Å²) in [6.07, 6.45) is 0.198. The van der Waals surface area contributed by atoms with Gasteiger partial charge in [-0.15, -0.1) is 0 Å². The number of piperidine rings is 1.